The van der Waals surface area contributed by atoms with E-state index in [2.05, 4.69) is 72.9 Å². The quantitative estimate of drug-likeness (QED) is 0.703. The van der Waals surface area contributed by atoms with Gasteiger partial charge in [0.15, 0.2) is 0 Å². The molecule has 23 heavy (non-hydrogen) atoms. The van der Waals surface area contributed by atoms with Crippen molar-refractivity contribution in [3.05, 3.63) is 59.7 Å². The van der Waals surface area contributed by atoms with Gasteiger partial charge in [-0.25, -0.2) is 10.0 Å². The van der Waals surface area contributed by atoms with Crippen molar-refractivity contribution in [1.82, 2.24) is 0 Å². The Bertz CT molecular complexity index is 648. The highest BCUT2D eigenvalue weighted by Gasteiger charge is 2.19. The van der Waals surface area contributed by atoms with Crippen molar-refractivity contribution in [3.8, 4) is 0 Å². The van der Waals surface area contributed by atoms with Gasteiger partial charge in [-0.15, -0.1) is 0 Å². The second-order valence-electron chi connectivity index (χ2n) is 7.00. The van der Waals surface area contributed by atoms with Crippen LogP contribution >= 0.6 is 10.0 Å². The second kappa shape index (κ2) is 7.00. The first kappa shape index (κ1) is 16.4. The topological polar surface area (TPSA) is 3.24 Å². The van der Waals surface area contributed by atoms with Crippen LogP contribution in [0.2, 0.25) is 0 Å². The van der Waals surface area contributed by atoms with Crippen molar-refractivity contribution in [3.63, 3.8) is 0 Å². The summed E-state index contributed by atoms with van der Waals surface area (Å²) >= 11 is 0. The maximum absolute atomic E-state index is 2.57. The summed E-state index contributed by atoms with van der Waals surface area (Å²) in [6.07, 6.45) is 10.1. The number of hydrogen-bond donors (Lipinski definition) is 0. The van der Waals surface area contributed by atoms with Gasteiger partial charge >= 0.3 is 0 Å². The van der Waals surface area contributed by atoms with Crippen molar-refractivity contribution in [2.75, 3.05) is 29.8 Å². The Kier molecular flexibility index (Phi) is 5.01. The van der Waals surface area contributed by atoms with Gasteiger partial charge in [-0.3, -0.25) is 0 Å². The second-order valence-corrected chi connectivity index (χ2v) is 10.8. The smallest absolute Gasteiger partial charge is 0.0519 e. The third-order valence-electron chi connectivity index (χ3n) is 4.94. The minimum atomic E-state index is -0.815. The van der Waals surface area contributed by atoms with E-state index in [0.717, 1.165) is 12.4 Å². The first-order valence-electron chi connectivity index (χ1n) is 8.73. The van der Waals surface area contributed by atoms with Crippen LogP contribution in [0.1, 0.15) is 30.9 Å². The van der Waals surface area contributed by atoms with E-state index in [0.29, 0.717) is 0 Å². The van der Waals surface area contributed by atoms with Crippen molar-refractivity contribution in [2.45, 2.75) is 37.5 Å². The van der Waals surface area contributed by atoms with Crippen LogP contribution in [-0.2, 0) is 12.8 Å². The lowest BCUT2D eigenvalue weighted by molar-refractivity contribution is 0.685. The fourth-order valence-corrected chi connectivity index (χ4v) is 5.67. The molecule has 0 atom stereocenters. The van der Waals surface area contributed by atoms with Crippen LogP contribution in [0.4, 0.5) is 5.69 Å². The van der Waals surface area contributed by atoms with Gasteiger partial charge in [-0.2, -0.15) is 0 Å². The van der Waals surface area contributed by atoms with E-state index in [1.54, 1.807) is 11.1 Å². The van der Waals surface area contributed by atoms with Gasteiger partial charge in [-0.1, -0.05) is 36.4 Å². The Balaban J connectivity index is 1.82. The lowest BCUT2D eigenvalue weighted by atomic mass is 9.91. The summed E-state index contributed by atoms with van der Waals surface area (Å²) in [7, 11) is -0.815. The normalized spacial score (nSPS) is 15.1. The van der Waals surface area contributed by atoms with Crippen molar-refractivity contribution < 1.29 is 0 Å². The molecule has 1 aliphatic rings. The highest BCUT2D eigenvalue weighted by molar-refractivity contribution is 8.32. The van der Waals surface area contributed by atoms with Crippen molar-refractivity contribution in [1.29, 1.82) is 0 Å². The fourth-order valence-electron chi connectivity index (χ4n) is 3.52. The molecule has 2 aromatic rings. The molecule has 0 heterocycles. The van der Waals surface area contributed by atoms with E-state index >= 15 is 0 Å². The van der Waals surface area contributed by atoms with Crippen molar-refractivity contribution >= 4 is 15.7 Å². The molecular formula is C21H29NS. The first-order chi connectivity index (χ1) is 11.1. The Labute approximate surface area is 143 Å². The molecule has 3 rings (SSSR count). The fraction of sp³-hybridized carbons (Fsp3) is 0.429. The van der Waals surface area contributed by atoms with Crippen LogP contribution in [0.5, 0.6) is 0 Å². The monoisotopic (exact) mass is 327 g/mol. The number of aryl methyl sites for hydroxylation is 2. The molecule has 0 amide bonds. The van der Waals surface area contributed by atoms with Crippen LogP contribution in [0.3, 0.4) is 0 Å². The Hall–Kier alpha value is -1.41. The molecule has 1 aliphatic carbocycles. The molecule has 0 aromatic heterocycles. The summed E-state index contributed by atoms with van der Waals surface area (Å²) in [4.78, 5) is 4.06. The molecule has 0 spiro atoms. The molecule has 0 saturated heterocycles. The summed E-state index contributed by atoms with van der Waals surface area (Å²) in [5, 5.41) is 0. The van der Waals surface area contributed by atoms with Crippen LogP contribution in [-0.4, -0.2) is 24.9 Å². The predicted octanol–water partition coefficient (Wildman–Crippen LogP) is 5.47. The van der Waals surface area contributed by atoms with Crippen LogP contribution < -0.4 is 4.90 Å². The van der Waals surface area contributed by atoms with Gasteiger partial charge in [0, 0.05) is 12.2 Å². The molecule has 124 valence electrons. The Morgan fingerprint density at radius 1 is 0.913 bits per heavy atom. The predicted molar refractivity (Wildman–Crippen MR) is 105 cm³/mol. The molecule has 0 fully saturated rings. The number of nitrogens with zero attached hydrogens (tertiary/aromatic N) is 1. The molecule has 1 nitrogen and oxygen atoms in total. The Morgan fingerprint density at radius 3 is 2.30 bits per heavy atom. The van der Waals surface area contributed by atoms with E-state index in [9.17, 15) is 0 Å². The number of benzene rings is 2. The summed E-state index contributed by atoms with van der Waals surface area (Å²) in [5.41, 5.74) is 4.56. The maximum Gasteiger partial charge on any atom is 0.0519 e. The maximum atomic E-state index is 2.57. The summed E-state index contributed by atoms with van der Waals surface area (Å²) in [5.74, 6) is 1.13. The highest BCUT2D eigenvalue weighted by atomic mass is 32.3. The zero-order chi connectivity index (χ0) is 16.3. The average molecular weight is 328 g/mol. The molecule has 0 aliphatic heterocycles. The van der Waals surface area contributed by atoms with Crippen LogP contribution in [0.25, 0.3) is 0 Å². The molecule has 0 unspecified atom stereocenters. The SMILES string of the molecule is CCN(CS(C)(C)c1ccccc1)c1ccc2c(c1)CCCC2. The molecule has 2 aromatic carbocycles. The lowest BCUT2D eigenvalue weighted by Crippen LogP contribution is -2.27. The Morgan fingerprint density at radius 2 is 1.61 bits per heavy atom. The molecular weight excluding hydrogens is 298 g/mol. The van der Waals surface area contributed by atoms with Crippen LogP contribution in [0, 0.1) is 0 Å². The van der Waals surface area contributed by atoms with Crippen LogP contribution in [0.15, 0.2) is 53.4 Å². The van der Waals surface area contributed by atoms with Gasteiger partial charge in [0.2, 0.25) is 0 Å². The van der Waals surface area contributed by atoms with Crippen molar-refractivity contribution in [2.24, 2.45) is 0 Å². The first-order valence-corrected chi connectivity index (χ1v) is 11.3. The number of rotatable bonds is 5. The molecule has 0 saturated carbocycles. The van der Waals surface area contributed by atoms with Gasteiger partial charge in [0.25, 0.3) is 0 Å². The summed E-state index contributed by atoms with van der Waals surface area (Å²) in [6.45, 7) is 3.35. The summed E-state index contributed by atoms with van der Waals surface area (Å²) in [6, 6.07) is 18.2. The number of fused-ring (bicyclic) bond motifs is 1. The standard InChI is InChI=1S/C21H29NS/c1-4-22(17-23(2,3)21-12-6-5-7-13-21)20-15-14-18-10-8-9-11-19(18)16-20/h5-7,12-16H,4,8-11,17H2,1-3H3. The zero-order valence-corrected chi connectivity index (χ0v) is 15.5. The largest absolute Gasteiger partial charge is 0.364 e. The van der Waals surface area contributed by atoms with Gasteiger partial charge in [0.1, 0.15) is 0 Å². The van der Waals surface area contributed by atoms with E-state index in [-0.39, 0.29) is 0 Å². The average Bonchev–Trinajstić information content (AvgIpc) is 2.60. The minimum absolute atomic E-state index is 0.815. The highest BCUT2D eigenvalue weighted by Crippen LogP contribution is 2.49. The lowest BCUT2D eigenvalue weighted by Gasteiger charge is -2.38. The zero-order valence-electron chi connectivity index (χ0n) is 14.7. The van der Waals surface area contributed by atoms with E-state index in [1.807, 2.05) is 0 Å². The van der Waals surface area contributed by atoms with E-state index in [1.165, 1.54) is 36.3 Å². The third-order valence-corrected chi connectivity index (χ3v) is 7.44. The number of anilines is 1. The molecule has 0 N–H and O–H groups in total. The van der Waals surface area contributed by atoms with E-state index < -0.39 is 10.0 Å². The van der Waals surface area contributed by atoms with Gasteiger partial charge in [0.05, 0.1) is 5.88 Å². The van der Waals surface area contributed by atoms with Gasteiger partial charge in [-0.05, 0) is 73.3 Å². The summed E-state index contributed by atoms with van der Waals surface area (Å²) < 4.78 is 0. The van der Waals surface area contributed by atoms with E-state index in [4.69, 9.17) is 0 Å². The molecule has 0 bridgehead atoms. The minimum Gasteiger partial charge on any atom is -0.364 e. The molecule has 0 radical (unpaired) electrons. The molecule has 2 heteroatoms. The van der Waals surface area contributed by atoms with Gasteiger partial charge < -0.3 is 4.90 Å². The third kappa shape index (κ3) is 3.74. The number of hydrogen-bond acceptors (Lipinski definition) is 1.